The number of aromatic nitrogens is 2. The van der Waals surface area contributed by atoms with Crippen LogP contribution in [0.2, 0.25) is 0 Å². The summed E-state index contributed by atoms with van der Waals surface area (Å²) in [6.45, 7) is 8.18. The summed E-state index contributed by atoms with van der Waals surface area (Å²) in [5.41, 5.74) is 2.54. The first-order valence-electron chi connectivity index (χ1n) is 8.56. The van der Waals surface area contributed by atoms with E-state index in [-0.39, 0.29) is 0 Å². The van der Waals surface area contributed by atoms with Crippen molar-refractivity contribution in [3.8, 4) is 22.8 Å². The van der Waals surface area contributed by atoms with Crippen LogP contribution in [0.3, 0.4) is 0 Å². The lowest BCUT2D eigenvalue weighted by Crippen LogP contribution is -2.02. The third-order valence-electron chi connectivity index (χ3n) is 3.66. The first-order valence-corrected chi connectivity index (χ1v) is 8.56. The van der Waals surface area contributed by atoms with Gasteiger partial charge in [-0.2, -0.15) is 0 Å². The molecular weight excluding hydrogens is 338 g/mol. The van der Waals surface area contributed by atoms with Crippen LogP contribution < -0.4 is 14.8 Å². The van der Waals surface area contributed by atoms with Crippen LogP contribution in [0.25, 0.3) is 11.3 Å². The Hall–Kier alpha value is -3.60. The number of nitrogens with zero attached hydrogens (tertiary/aromatic N) is 2. The molecule has 5 heteroatoms. The Morgan fingerprint density at radius 3 is 2.41 bits per heavy atom. The summed E-state index contributed by atoms with van der Waals surface area (Å²) in [5, 5.41) is 3.27. The summed E-state index contributed by atoms with van der Waals surface area (Å²) in [4.78, 5) is 8.74. The fraction of sp³-hybridized carbons (Fsp3) is 0.0909. The Morgan fingerprint density at radius 2 is 1.63 bits per heavy atom. The van der Waals surface area contributed by atoms with Crippen molar-refractivity contribution in [2.75, 3.05) is 18.5 Å². The van der Waals surface area contributed by atoms with E-state index in [0.717, 1.165) is 22.8 Å². The molecule has 0 aliphatic heterocycles. The molecule has 5 nitrogen and oxygen atoms in total. The number of anilines is 2. The molecule has 0 aliphatic rings. The highest BCUT2D eigenvalue weighted by Gasteiger charge is 2.14. The highest BCUT2D eigenvalue weighted by atomic mass is 16.5. The van der Waals surface area contributed by atoms with Gasteiger partial charge < -0.3 is 14.8 Å². The molecule has 0 radical (unpaired) electrons. The van der Waals surface area contributed by atoms with Crippen LogP contribution in [-0.2, 0) is 0 Å². The lowest BCUT2D eigenvalue weighted by molar-refractivity contribution is 0.309. The van der Waals surface area contributed by atoms with Gasteiger partial charge in [0.1, 0.15) is 19.0 Å². The summed E-state index contributed by atoms with van der Waals surface area (Å²) >= 11 is 0. The molecule has 1 N–H and O–H groups in total. The molecule has 0 amide bonds. The van der Waals surface area contributed by atoms with E-state index in [1.165, 1.54) is 0 Å². The summed E-state index contributed by atoms with van der Waals surface area (Å²) < 4.78 is 11.6. The number of rotatable bonds is 9. The van der Waals surface area contributed by atoms with Gasteiger partial charge in [0.2, 0.25) is 0 Å². The van der Waals surface area contributed by atoms with Crippen molar-refractivity contribution in [1.29, 1.82) is 0 Å². The van der Waals surface area contributed by atoms with Crippen LogP contribution in [0.15, 0.2) is 86.2 Å². The number of pyridine rings is 2. The van der Waals surface area contributed by atoms with E-state index in [4.69, 9.17) is 14.5 Å². The average Bonchev–Trinajstić information content (AvgIpc) is 2.72. The Balaban J connectivity index is 1.96. The molecule has 0 atom stereocenters. The maximum Gasteiger partial charge on any atom is 0.171 e. The lowest BCUT2D eigenvalue weighted by Gasteiger charge is -2.15. The summed E-state index contributed by atoms with van der Waals surface area (Å²) in [6.07, 6.45) is 6.85. The minimum Gasteiger partial charge on any atom is -0.486 e. The molecule has 0 unspecified atom stereocenters. The van der Waals surface area contributed by atoms with Crippen molar-refractivity contribution in [3.63, 3.8) is 0 Å². The molecule has 2 heterocycles. The molecule has 0 saturated heterocycles. The van der Waals surface area contributed by atoms with Gasteiger partial charge in [-0.25, -0.2) is 4.98 Å². The number of para-hydroxylation sites is 1. The molecule has 3 rings (SSSR count). The number of hydrogen-bond acceptors (Lipinski definition) is 5. The Morgan fingerprint density at radius 1 is 0.889 bits per heavy atom. The quantitative estimate of drug-likeness (QED) is 0.544. The van der Waals surface area contributed by atoms with Gasteiger partial charge in [0.05, 0.1) is 5.69 Å². The van der Waals surface area contributed by atoms with Crippen molar-refractivity contribution >= 4 is 11.5 Å². The van der Waals surface area contributed by atoms with Crippen LogP contribution in [-0.4, -0.2) is 23.2 Å². The third-order valence-corrected chi connectivity index (χ3v) is 3.66. The minimum absolute atomic E-state index is 0.371. The lowest BCUT2D eigenvalue weighted by atomic mass is 10.1. The first kappa shape index (κ1) is 18.2. The predicted octanol–water partition coefficient (Wildman–Crippen LogP) is 5.02. The van der Waals surface area contributed by atoms with Gasteiger partial charge in [-0.05, 0) is 36.4 Å². The third kappa shape index (κ3) is 4.73. The van der Waals surface area contributed by atoms with Crippen molar-refractivity contribution in [3.05, 3.63) is 86.2 Å². The molecule has 3 aromatic rings. The van der Waals surface area contributed by atoms with Crippen LogP contribution >= 0.6 is 0 Å². The monoisotopic (exact) mass is 359 g/mol. The number of ether oxygens (including phenoxy) is 2. The van der Waals surface area contributed by atoms with Gasteiger partial charge in [-0.3, -0.25) is 4.98 Å². The van der Waals surface area contributed by atoms with Crippen LogP contribution in [0.4, 0.5) is 11.5 Å². The number of hydrogen-bond donors (Lipinski definition) is 1. The number of benzene rings is 1. The van der Waals surface area contributed by atoms with E-state index >= 15 is 0 Å². The average molecular weight is 359 g/mol. The van der Waals surface area contributed by atoms with Gasteiger partial charge in [-0.15, -0.1) is 0 Å². The minimum atomic E-state index is 0.371. The zero-order valence-corrected chi connectivity index (χ0v) is 15.0. The van der Waals surface area contributed by atoms with Gasteiger partial charge in [0.15, 0.2) is 11.5 Å². The summed E-state index contributed by atoms with van der Waals surface area (Å²) in [5.74, 6) is 2.00. The Bertz CT molecular complexity index is 910. The highest BCUT2D eigenvalue weighted by Crippen LogP contribution is 2.38. The van der Waals surface area contributed by atoms with Gasteiger partial charge in [0.25, 0.3) is 0 Å². The van der Waals surface area contributed by atoms with E-state index in [1.54, 1.807) is 24.5 Å². The maximum absolute atomic E-state index is 5.88. The molecule has 136 valence electrons. The van der Waals surface area contributed by atoms with Crippen molar-refractivity contribution in [1.82, 2.24) is 9.97 Å². The second-order valence-corrected chi connectivity index (χ2v) is 5.60. The topological polar surface area (TPSA) is 56.3 Å². The Kier molecular flexibility index (Phi) is 6.20. The second kappa shape index (κ2) is 9.20. The molecule has 0 aliphatic carbocycles. The normalized spacial score (nSPS) is 10.1. The second-order valence-electron chi connectivity index (χ2n) is 5.60. The standard InChI is InChI=1S/C22H21N3O2/c1-3-15-26-20-9-5-7-18(22(20)27-16-4-2)19-8-6-10-21(25-19)24-17-11-13-23-14-12-17/h3-14H,1-2,15-16H2,(H,23,24,25). The molecule has 1 aromatic carbocycles. The van der Waals surface area contributed by atoms with Gasteiger partial charge in [-0.1, -0.05) is 37.4 Å². The van der Waals surface area contributed by atoms with E-state index in [1.807, 2.05) is 48.5 Å². The zero-order chi connectivity index (χ0) is 18.9. The van der Waals surface area contributed by atoms with Crippen molar-refractivity contribution < 1.29 is 9.47 Å². The highest BCUT2D eigenvalue weighted by molar-refractivity contribution is 5.72. The molecular formula is C22H21N3O2. The molecule has 27 heavy (non-hydrogen) atoms. The summed E-state index contributed by atoms with van der Waals surface area (Å²) in [7, 11) is 0. The van der Waals surface area contributed by atoms with Crippen LogP contribution in [0, 0.1) is 0 Å². The van der Waals surface area contributed by atoms with E-state index in [2.05, 4.69) is 23.5 Å². The van der Waals surface area contributed by atoms with Gasteiger partial charge in [0, 0.05) is 23.6 Å². The number of nitrogens with one attached hydrogen (secondary N) is 1. The Labute approximate surface area is 159 Å². The zero-order valence-electron chi connectivity index (χ0n) is 15.0. The van der Waals surface area contributed by atoms with Crippen molar-refractivity contribution in [2.45, 2.75) is 0 Å². The fourth-order valence-electron chi connectivity index (χ4n) is 2.51. The molecule has 0 spiro atoms. The van der Waals surface area contributed by atoms with E-state index in [0.29, 0.717) is 24.7 Å². The molecule has 0 fully saturated rings. The molecule has 2 aromatic heterocycles. The van der Waals surface area contributed by atoms with Crippen molar-refractivity contribution in [2.24, 2.45) is 0 Å². The fourth-order valence-corrected chi connectivity index (χ4v) is 2.51. The predicted molar refractivity (Wildman–Crippen MR) is 109 cm³/mol. The molecule has 0 saturated carbocycles. The van der Waals surface area contributed by atoms with Crippen LogP contribution in [0.1, 0.15) is 0 Å². The summed E-state index contributed by atoms with van der Waals surface area (Å²) in [6, 6.07) is 15.3. The largest absolute Gasteiger partial charge is 0.486 e. The van der Waals surface area contributed by atoms with E-state index < -0.39 is 0 Å². The first-order chi connectivity index (χ1) is 13.3. The van der Waals surface area contributed by atoms with E-state index in [9.17, 15) is 0 Å². The maximum atomic E-state index is 5.88. The SMILES string of the molecule is C=CCOc1cccc(-c2cccc(Nc3ccncc3)n2)c1OCC=C. The van der Waals surface area contributed by atoms with Gasteiger partial charge >= 0.3 is 0 Å². The smallest absolute Gasteiger partial charge is 0.171 e. The molecule has 0 bridgehead atoms. The van der Waals surface area contributed by atoms with Crippen LogP contribution in [0.5, 0.6) is 11.5 Å².